The molecule has 1 heterocycles. The third kappa shape index (κ3) is 3.00. The maximum Gasteiger partial charge on any atom is 0.0119 e. The Balaban J connectivity index is 2.02. The summed E-state index contributed by atoms with van der Waals surface area (Å²) in [6.07, 6.45) is 5.33. The number of rotatable bonds is 3. The summed E-state index contributed by atoms with van der Waals surface area (Å²) in [6, 6.07) is 1.23. The van der Waals surface area contributed by atoms with Gasteiger partial charge in [-0.15, -0.1) is 0 Å². The molecule has 2 aliphatic rings. The molecular weight excluding hydrogens is 232 g/mol. The van der Waals surface area contributed by atoms with Gasteiger partial charge in [-0.25, -0.2) is 0 Å². The summed E-state index contributed by atoms with van der Waals surface area (Å²) in [4.78, 5) is 2.78. The van der Waals surface area contributed by atoms with Crippen molar-refractivity contribution >= 4 is 0 Å². The highest BCUT2D eigenvalue weighted by Crippen LogP contribution is 2.45. The average Bonchev–Trinajstić information content (AvgIpc) is 2.79. The molecule has 0 aromatic rings. The third-order valence-electron chi connectivity index (χ3n) is 6.36. The second-order valence-corrected chi connectivity index (χ2v) is 8.00. The molecule has 0 aromatic carbocycles. The Bertz CT molecular complexity index is 298. The van der Waals surface area contributed by atoms with Gasteiger partial charge in [0, 0.05) is 18.6 Å². The monoisotopic (exact) mass is 266 g/mol. The Hall–Kier alpha value is -0.0800. The Morgan fingerprint density at radius 1 is 1.21 bits per heavy atom. The third-order valence-corrected chi connectivity index (χ3v) is 6.36. The van der Waals surface area contributed by atoms with Gasteiger partial charge in [0.2, 0.25) is 0 Å². The van der Waals surface area contributed by atoms with E-state index < -0.39 is 0 Å². The van der Waals surface area contributed by atoms with E-state index in [4.69, 9.17) is 5.73 Å². The van der Waals surface area contributed by atoms with Crippen molar-refractivity contribution in [1.29, 1.82) is 0 Å². The van der Waals surface area contributed by atoms with Crippen LogP contribution in [0.3, 0.4) is 0 Å². The van der Waals surface area contributed by atoms with Gasteiger partial charge < -0.3 is 5.73 Å². The minimum Gasteiger partial charge on any atom is -0.327 e. The van der Waals surface area contributed by atoms with Gasteiger partial charge in [0.05, 0.1) is 0 Å². The molecule has 112 valence electrons. The van der Waals surface area contributed by atoms with Gasteiger partial charge in [0.25, 0.3) is 0 Å². The molecule has 2 fully saturated rings. The molecule has 2 rings (SSSR count). The Morgan fingerprint density at radius 2 is 1.89 bits per heavy atom. The molecule has 19 heavy (non-hydrogen) atoms. The lowest BCUT2D eigenvalue weighted by atomic mass is 9.61. The fourth-order valence-electron chi connectivity index (χ4n) is 4.38. The zero-order valence-corrected chi connectivity index (χ0v) is 13.7. The molecule has 1 saturated carbocycles. The van der Waals surface area contributed by atoms with E-state index in [2.05, 4.69) is 39.5 Å². The molecule has 0 bridgehead atoms. The van der Waals surface area contributed by atoms with Gasteiger partial charge in [0.1, 0.15) is 0 Å². The van der Waals surface area contributed by atoms with Crippen LogP contribution >= 0.6 is 0 Å². The van der Waals surface area contributed by atoms with E-state index in [1.807, 2.05) is 0 Å². The normalized spacial score (nSPS) is 39.9. The van der Waals surface area contributed by atoms with Gasteiger partial charge in [-0.05, 0) is 55.4 Å². The first-order chi connectivity index (χ1) is 8.84. The Labute approximate surface area is 120 Å². The van der Waals surface area contributed by atoms with Crippen LogP contribution in [-0.4, -0.2) is 30.1 Å². The summed E-state index contributed by atoms with van der Waals surface area (Å²) >= 11 is 0. The van der Waals surface area contributed by atoms with Crippen molar-refractivity contribution < 1.29 is 0 Å². The number of nitrogens with zero attached hydrogens (tertiary/aromatic N) is 1. The minimum absolute atomic E-state index is 0.391. The SMILES string of the molecule is CC(C)C1CCCN1CC1CCC(N)C(C)C1(C)C. The van der Waals surface area contributed by atoms with Crippen LogP contribution in [0.5, 0.6) is 0 Å². The maximum atomic E-state index is 6.29. The minimum atomic E-state index is 0.391. The van der Waals surface area contributed by atoms with E-state index in [1.54, 1.807) is 0 Å². The fourth-order valence-corrected chi connectivity index (χ4v) is 4.38. The number of hydrogen-bond acceptors (Lipinski definition) is 2. The number of hydrogen-bond donors (Lipinski definition) is 1. The van der Waals surface area contributed by atoms with E-state index in [9.17, 15) is 0 Å². The molecule has 0 amide bonds. The molecule has 1 saturated heterocycles. The largest absolute Gasteiger partial charge is 0.327 e. The lowest BCUT2D eigenvalue weighted by Crippen LogP contribution is -2.50. The van der Waals surface area contributed by atoms with Gasteiger partial charge in [0.15, 0.2) is 0 Å². The van der Waals surface area contributed by atoms with Gasteiger partial charge >= 0.3 is 0 Å². The van der Waals surface area contributed by atoms with Crippen molar-refractivity contribution in [2.45, 2.75) is 72.4 Å². The van der Waals surface area contributed by atoms with Crippen LogP contribution in [0.25, 0.3) is 0 Å². The summed E-state index contributed by atoms with van der Waals surface area (Å²) < 4.78 is 0. The summed E-state index contributed by atoms with van der Waals surface area (Å²) in [5, 5.41) is 0. The van der Waals surface area contributed by atoms with Crippen molar-refractivity contribution in [3.05, 3.63) is 0 Å². The average molecular weight is 266 g/mol. The van der Waals surface area contributed by atoms with Crippen molar-refractivity contribution in [1.82, 2.24) is 4.90 Å². The highest BCUT2D eigenvalue weighted by molar-refractivity contribution is 4.96. The zero-order chi connectivity index (χ0) is 14.2. The fraction of sp³-hybridized carbons (Fsp3) is 1.00. The molecule has 0 radical (unpaired) electrons. The van der Waals surface area contributed by atoms with Crippen molar-refractivity contribution in [2.75, 3.05) is 13.1 Å². The van der Waals surface area contributed by atoms with E-state index >= 15 is 0 Å². The molecule has 1 aliphatic heterocycles. The predicted octanol–water partition coefficient (Wildman–Crippen LogP) is 3.51. The molecule has 0 aromatic heterocycles. The van der Waals surface area contributed by atoms with Crippen LogP contribution in [0.4, 0.5) is 0 Å². The van der Waals surface area contributed by atoms with E-state index in [-0.39, 0.29) is 0 Å². The van der Waals surface area contributed by atoms with Crippen LogP contribution in [0.15, 0.2) is 0 Å². The van der Waals surface area contributed by atoms with E-state index in [0.29, 0.717) is 17.4 Å². The molecule has 1 aliphatic carbocycles. The second-order valence-electron chi connectivity index (χ2n) is 8.00. The van der Waals surface area contributed by atoms with Crippen LogP contribution in [0.1, 0.15) is 60.3 Å². The Kier molecular flexibility index (Phi) is 4.62. The topological polar surface area (TPSA) is 29.3 Å². The highest BCUT2D eigenvalue weighted by atomic mass is 15.2. The molecule has 4 unspecified atom stereocenters. The Morgan fingerprint density at radius 3 is 2.53 bits per heavy atom. The van der Waals surface area contributed by atoms with Gasteiger partial charge in [-0.3, -0.25) is 4.90 Å². The first-order valence-corrected chi connectivity index (χ1v) is 8.33. The zero-order valence-electron chi connectivity index (χ0n) is 13.7. The van der Waals surface area contributed by atoms with Crippen molar-refractivity contribution in [3.8, 4) is 0 Å². The predicted molar refractivity (Wildman–Crippen MR) is 83.1 cm³/mol. The summed E-state index contributed by atoms with van der Waals surface area (Å²) in [5.74, 6) is 2.27. The quantitative estimate of drug-likeness (QED) is 0.847. The van der Waals surface area contributed by atoms with E-state index in [0.717, 1.165) is 17.9 Å². The lowest BCUT2D eigenvalue weighted by Gasteiger charge is -2.48. The molecule has 2 N–H and O–H groups in total. The maximum absolute atomic E-state index is 6.29. The van der Waals surface area contributed by atoms with Gasteiger partial charge in [-0.1, -0.05) is 34.6 Å². The van der Waals surface area contributed by atoms with E-state index in [1.165, 1.54) is 38.8 Å². The van der Waals surface area contributed by atoms with Crippen molar-refractivity contribution in [2.24, 2.45) is 28.9 Å². The van der Waals surface area contributed by atoms with Crippen LogP contribution < -0.4 is 5.73 Å². The van der Waals surface area contributed by atoms with Gasteiger partial charge in [-0.2, -0.15) is 0 Å². The first kappa shape index (κ1) is 15.3. The molecule has 2 nitrogen and oxygen atoms in total. The molecule has 0 spiro atoms. The second kappa shape index (κ2) is 5.73. The summed E-state index contributed by atoms with van der Waals surface area (Å²) in [7, 11) is 0. The molecule has 2 heteroatoms. The molecular formula is C17H34N2. The highest BCUT2D eigenvalue weighted by Gasteiger charge is 2.43. The standard InChI is InChI=1S/C17H34N2/c1-12(2)16-7-6-10-19(16)11-14-8-9-15(18)13(3)17(14,4)5/h12-16H,6-11,18H2,1-5H3. The smallest absolute Gasteiger partial charge is 0.0119 e. The van der Waals surface area contributed by atoms with Crippen LogP contribution in [0.2, 0.25) is 0 Å². The lowest BCUT2D eigenvalue weighted by molar-refractivity contribution is 0.0218. The molecule has 4 atom stereocenters. The first-order valence-electron chi connectivity index (χ1n) is 8.33. The van der Waals surface area contributed by atoms with Crippen LogP contribution in [-0.2, 0) is 0 Å². The number of nitrogens with two attached hydrogens (primary N) is 1. The van der Waals surface area contributed by atoms with Crippen molar-refractivity contribution in [3.63, 3.8) is 0 Å². The summed E-state index contributed by atoms with van der Waals surface area (Å²) in [5.41, 5.74) is 6.68. The summed E-state index contributed by atoms with van der Waals surface area (Å²) in [6.45, 7) is 14.6. The van der Waals surface area contributed by atoms with Crippen LogP contribution in [0, 0.1) is 23.2 Å². The number of likely N-dealkylation sites (tertiary alicyclic amines) is 1.